The lowest BCUT2D eigenvalue weighted by Gasteiger charge is -2.25. The van der Waals surface area contributed by atoms with Gasteiger partial charge in [0, 0.05) is 23.5 Å². The van der Waals surface area contributed by atoms with Gasteiger partial charge in [-0.05, 0) is 36.6 Å². The second-order valence-corrected chi connectivity index (χ2v) is 5.41. The molecule has 2 unspecified atom stereocenters. The Balaban J connectivity index is 2.10. The largest absolute Gasteiger partial charge is 0.295 e. The second kappa shape index (κ2) is 5.55. The van der Waals surface area contributed by atoms with E-state index in [0.717, 1.165) is 25.1 Å². The van der Waals surface area contributed by atoms with Crippen LogP contribution in [-0.2, 0) is 6.54 Å². The van der Waals surface area contributed by atoms with E-state index in [0.29, 0.717) is 22.9 Å². The van der Waals surface area contributed by atoms with E-state index in [1.165, 1.54) is 12.1 Å². The van der Waals surface area contributed by atoms with E-state index in [9.17, 15) is 4.39 Å². The van der Waals surface area contributed by atoms with Crippen LogP contribution >= 0.6 is 23.2 Å². The van der Waals surface area contributed by atoms with Gasteiger partial charge >= 0.3 is 0 Å². The zero-order valence-electron chi connectivity index (χ0n) is 9.80. The Morgan fingerprint density at radius 3 is 2.88 bits per heavy atom. The predicted molar refractivity (Wildman–Crippen MR) is 70.1 cm³/mol. The topological polar surface area (TPSA) is 3.24 Å². The van der Waals surface area contributed by atoms with Crippen LogP contribution in [0, 0.1) is 11.7 Å². The molecule has 4 heteroatoms. The third kappa shape index (κ3) is 2.93. The first-order chi connectivity index (χ1) is 8.11. The van der Waals surface area contributed by atoms with Crippen LogP contribution < -0.4 is 0 Å². The zero-order chi connectivity index (χ0) is 12.4. The minimum absolute atomic E-state index is 0.289. The highest BCUT2D eigenvalue weighted by Crippen LogP contribution is 2.28. The number of benzene rings is 1. The van der Waals surface area contributed by atoms with Crippen molar-refractivity contribution in [1.82, 2.24) is 4.90 Å². The van der Waals surface area contributed by atoms with Crippen molar-refractivity contribution in [2.45, 2.75) is 25.9 Å². The first-order valence-corrected chi connectivity index (χ1v) is 6.77. The van der Waals surface area contributed by atoms with Gasteiger partial charge in [0.25, 0.3) is 0 Å². The normalized spacial score (nSPS) is 25.4. The average molecular weight is 276 g/mol. The molecule has 1 fully saturated rings. The van der Waals surface area contributed by atoms with Crippen LogP contribution in [0.25, 0.3) is 0 Å². The third-order valence-corrected chi connectivity index (χ3v) is 4.21. The summed E-state index contributed by atoms with van der Waals surface area (Å²) in [5.41, 5.74) is 0.970. The standard InChI is InChI=1S/C13H16Cl2FN/c1-9-4-5-17(13(9)7-14)8-10-2-3-11(16)6-12(10)15/h2-3,6,9,13H,4-5,7-8H2,1H3. The maximum absolute atomic E-state index is 12.9. The summed E-state index contributed by atoms with van der Waals surface area (Å²) in [6, 6.07) is 4.98. The van der Waals surface area contributed by atoms with Crippen LogP contribution in [0.1, 0.15) is 18.9 Å². The molecule has 0 aliphatic carbocycles. The fraction of sp³-hybridized carbons (Fsp3) is 0.538. The summed E-state index contributed by atoms with van der Waals surface area (Å²) in [6.07, 6.45) is 1.16. The van der Waals surface area contributed by atoms with Crippen LogP contribution in [0.4, 0.5) is 4.39 Å². The minimum atomic E-state index is -0.289. The SMILES string of the molecule is CC1CCN(Cc2ccc(F)cc2Cl)C1CCl. The maximum Gasteiger partial charge on any atom is 0.124 e. The molecule has 0 saturated carbocycles. The minimum Gasteiger partial charge on any atom is -0.295 e. The van der Waals surface area contributed by atoms with Gasteiger partial charge in [-0.2, -0.15) is 0 Å². The Morgan fingerprint density at radius 2 is 2.24 bits per heavy atom. The van der Waals surface area contributed by atoms with Gasteiger partial charge in [0.15, 0.2) is 0 Å². The molecule has 0 spiro atoms. The van der Waals surface area contributed by atoms with E-state index >= 15 is 0 Å². The van der Waals surface area contributed by atoms with E-state index < -0.39 is 0 Å². The first-order valence-electron chi connectivity index (χ1n) is 5.85. The molecule has 1 saturated heterocycles. The Kier molecular flexibility index (Phi) is 4.29. The number of likely N-dealkylation sites (tertiary alicyclic amines) is 1. The van der Waals surface area contributed by atoms with Crippen LogP contribution in [0.5, 0.6) is 0 Å². The molecule has 1 aliphatic rings. The summed E-state index contributed by atoms with van der Waals surface area (Å²) < 4.78 is 12.9. The van der Waals surface area contributed by atoms with Gasteiger partial charge in [-0.15, -0.1) is 11.6 Å². The molecule has 1 nitrogen and oxygen atoms in total. The van der Waals surface area contributed by atoms with E-state index in [1.54, 1.807) is 6.07 Å². The Morgan fingerprint density at radius 1 is 1.47 bits per heavy atom. The molecule has 94 valence electrons. The first kappa shape index (κ1) is 13.1. The summed E-state index contributed by atoms with van der Waals surface area (Å²) in [7, 11) is 0. The molecule has 0 radical (unpaired) electrons. The molecule has 0 aromatic heterocycles. The smallest absolute Gasteiger partial charge is 0.124 e. The van der Waals surface area contributed by atoms with Crippen molar-refractivity contribution in [3.05, 3.63) is 34.6 Å². The summed E-state index contributed by atoms with van der Waals surface area (Å²) >= 11 is 12.0. The van der Waals surface area contributed by atoms with Crippen LogP contribution in [0.3, 0.4) is 0 Å². The Labute approximate surface area is 112 Å². The number of hydrogen-bond acceptors (Lipinski definition) is 1. The zero-order valence-corrected chi connectivity index (χ0v) is 11.3. The molecule has 2 atom stereocenters. The summed E-state index contributed by atoms with van der Waals surface area (Å²) in [5.74, 6) is 0.967. The van der Waals surface area contributed by atoms with Crippen molar-refractivity contribution in [3.8, 4) is 0 Å². The highest BCUT2D eigenvalue weighted by atomic mass is 35.5. The molecule has 1 aromatic rings. The molecular weight excluding hydrogens is 260 g/mol. The third-order valence-electron chi connectivity index (χ3n) is 3.54. The fourth-order valence-electron chi connectivity index (χ4n) is 2.40. The lowest BCUT2D eigenvalue weighted by atomic mass is 10.0. The highest BCUT2D eigenvalue weighted by molar-refractivity contribution is 6.31. The quantitative estimate of drug-likeness (QED) is 0.756. The number of hydrogen-bond donors (Lipinski definition) is 0. The van der Waals surface area contributed by atoms with Crippen LogP contribution in [-0.4, -0.2) is 23.4 Å². The Hall–Kier alpha value is -0.310. The highest BCUT2D eigenvalue weighted by Gasteiger charge is 2.30. The molecule has 0 amide bonds. The van der Waals surface area contributed by atoms with Crippen molar-refractivity contribution < 1.29 is 4.39 Å². The second-order valence-electron chi connectivity index (χ2n) is 4.69. The van der Waals surface area contributed by atoms with Gasteiger partial charge in [-0.1, -0.05) is 24.6 Å². The van der Waals surface area contributed by atoms with E-state index in [2.05, 4.69) is 11.8 Å². The van der Waals surface area contributed by atoms with E-state index in [1.807, 2.05) is 0 Å². The maximum atomic E-state index is 12.9. The number of alkyl halides is 1. The summed E-state index contributed by atoms with van der Waals surface area (Å²) in [6.45, 7) is 4.01. The monoisotopic (exact) mass is 275 g/mol. The summed E-state index contributed by atoms with van der Waals surface area (Å²) in [4.78, 5) is 2.33. The molecule has 0 bridgehead atoms. The van der Waals surface area contributed by atoms with E-state index in [4.69, 9.17) is 23.2 Å². The van der Waals surface area contributed by atoms with Gasteiger partial charge < -0.3 is 0 Å². The molecule has 0 N–H and O–H groups in total. The van der Waals surface area contributed by atoms with Crippen molar-refractivity contribution in [1.29, 1.82) is 0 Å². The van der Waals surface area contributed by atoms with Crippen LogP contribution in [0.2, 0.25) is 5.02 Å². The van der Waals surface area contributed by atoms with Crippen LogP contribution in [0.15, 0.2) is 18.2 Å². The van der Waals surface area contributed by atoms with Gasteiger partial charge in [-0.25, -0.2) is 4.39 Å². The number of rotatable bonds is 3. The lowest BCUT2D eigenvalue weighted by Crippen LogP contribution is -2.33. The lowest BCUT2D eigenvalue weighted by molar-refractivity contribution is 0.242. The van der Waals surface area contributed by atoms with Gasteiger partial charge in [0.1, 0.15) is 5.82 Å². The van der Waals surface area contributed by atoms with Crippen molar-refractivity contribution in [2.24, 2.45) is 5.92 Å². The van der Waals surface area contributed by atoms with Gasteiger partial charge in [0.05, 0.1) is 0 Å². The molecule has 1 aliphatic heterocycles. The van der Waals surface area contributed by atoms with Crippen molar-refractivity contribution >= 4 is 23.2 Å². The van der Waals surface area contributed by atoms with E-state index in [-0.39, 0.29) is 5.82 Å². The molecule has 2 rings (SSSR count). The molecule has 1 aromatic carbocycles. The Bertz CT molecular complexity index is 397. The number of halogens is 3. The fourth-order valence-corrected chi connectivity index (χ4v) is 3.13. The molecule has 1 heterocycles. The van der Waals surface area contributed by atoms with Gasteiger partial charge in [0.2, 0.25) is 0 Å². The van der Waals surface area contributed by atoms with Gasteiger partial charge in [-0.3, -0.25) is 4.90 Å². The number of nitrogens with zero attached hydrogens (tertiary/aromatic N) is 1. The van der Waals surface area contributed by atoms with Crippen molar-refractivity contribution in [2.75, 3.05) is 12.4 Å². The molecular formula is C13H16Cl2FN. The predicted octanol–water partition coefficient (Wildman–Crippen LogP) is 3.93. The molecule has 17 heavy (non-hydrogen) atoms. The average Bonchev–Trinajstić information content (AvgIpc) is 2.63. The van der Waals surface area contributed by atoms with Crippen molar-refractivity contribution in [3.63, 3.8) is 0 Å². The summed E-state index contributed by atoms with van der Waals surface area (Å²) in [5, 5.41) is 0.498.